The predicted molar refractivity (Wildman–Crippen MR) is 273 cm³/mol. The number of hydrogen-bond donors (Lipinski definition) is 0. The van der Waals surface area contributed by atoms with Gasteiger partial charge in [-0.25, -0.2) is 4.70 Å². The van der Waals surface area contributed by atoms with E-state index in [4.69, 9.17) is 0 Å². The maximum atomic E-state index is 12.2. The summed E-state index contributed by atoms with van der Waals surface area (Å²) in [6, 6.07) is 17.7. The topological polar surface area (TPSA) is 25.3 Å². The number of unbranched alkanes of at least 4 members (excludes halogenated alkanes) is 30. The van der Waals surface area contributed by atoms with E-state index in [1.807, 2.05) is 0 Å². The molecule has 62 heavy (non-hydrogen) atoms. The van der Waals surface area contributed by atoms with Gasteiger partial charge < -0.3 is 5.53 Å². The molecule has 0 aliphatic carbocycles. The molecule has 0 aromatic heterocycles. The van der Waals surface area contributed by atoms with Gasteiger partial charge in [-0.15, -0.1) is 0 Å². The molecule has 1 aliphatic heterocycles. The van der Waals surface area contributed by atoms with E-state index in [2.05, 4.69) is 99.9 Å². The number of hydrogen-bond acceptors (Lipinski definition) is 0. The highest BCUT2D eigenvalue weighted by atomic mass is 15.2. The summed E-state index contributed by atoms with van der Waals surface area (Å²) < 4.78 is 1.42. The van der Waals surface area contributed by atoms with E-state index >= 15 is 0 Å². The van der Waals surface area contributed by atoms with Gasteiger partial charge in [0.25, 0.3) is 0 Å². The maximum absolute atomic E-state index is 12.2. The van der Waals surface area contributed by atoms with E-state index in [0.717, 1.165) is 72.2 Å². The van der Waals surface area contributed by atoms with E-state index in [0.29, 0.717) is 0 Å². The van der Waals surface area contributed by atoms with Crippen LogP contribution in [0.5, 0.6) is 0 Å². The molecule has 2 aromatic rings. The Bertz CT molecular complexity index is 1520. The first-order chi connectivity index (χ1) is 30.6. The third-order valence-electron chi connectivity index (χ3n) is 13.0. The highest BCUT2D eigenvalue weighted by Crippen LogP contribution is 2.40. The van der Waals surface area contributed by atoms with Crippen molar-refractivity contribution in [1.29, 1.82) is 0 Å². The summed E-state index contributed by atoms with van der Waals surface area (Å²) in [5, 5.41) is 0. The minimum absolute atomic E-state index is 0.773. The molecule has 0 radical (unpaired) electrons. The average molecular weight is 841 g/mol. The van der Waals surface area contributed by atoms with Crippen molar-refractivity contribution in [2.75, 3.05) is 0 Å². The second-order valence-electron chi connectivity index (χ2n) is 18.7. The van der Waals surface area contributed by atoms with Crippen LogP contribution in [0.1, 0.15) is 268 Å². The van der Waals surface area contributed by atoms with Crippen molar-refractivity contribution < 1.29 is 4.70 Å². The normalized spacial score (nSPS) is 12.5. The van der Waals surface area contributed by atoms with E-state index in [1.54, 1.807) is 0 Å². The molecule has 0 saturated heterocycles. The number of nitrogens with zero attached hydrogens (tertiary/aromatic N) is 2. The second-order valence-corrected chi connectivity index (χ2v) is 18.7. The SMILES string of the molecule is CCCCCCCCCCCCCCCC#CC1=C(c2ccc(CCCCC)cc2)[N+](=[N-])C(c2ccc(CCCCC)cc2)=C1C#CCCCCCCCCCCCCCCC. The molecule has 0 N–H and O–H groups in total. The van der Waals surface area contributed by atoms with Gasteiger partial charge in [-0.2, -0.15) is 0 Å². The van der Waals surface area contributed by atoms with Gasteiger partial charge in [0.05, 0.1) is 0 Å². The van der Waals surface area contributed by atoms with Crippen molar-refractivity contribution in [3.05, 3.63) is 87.5 Å². The first-order valence-electron chi connectivity index (χ1n) is 26.8. The molecule has 2 aromatic carbocycles. The highest BCUT2D eigenvalue weighted by molar-refractivity contribution is 5.88. The molecule has 0 fully saturated rings. The van der Waals surface area contributed by atoms with Crippen LogP contribution in [0.3, 0.4) is 0 Å². The lowest BCUT2D eigenvalue weighted by atomic mass is 9.98. The molecular formula is C60H92N2. The fraction of sp³-hybridized carbons (Fsp3) is 0.667. The standard InChI is InChI=1S/C60H92N2/c1-5-9-13-15-17-19-21-23-25-27-29-31-33-35-39-43-57-58(44-40-36-34-32-30-28-26-24-22-20-18-16-14-10-6-2)60(56-51-47-54(48-52-56)42-38-12-8-4)62(61)59(57)55-49-45-53(46-50-55)41-37-11-7-3/h45-52H,5-38,41-42H2,1-4H3. The third kappa shape index (κ3) is 22.3. The lowest BCUT2D eigenvalue weighted by Gasteiger charge is -2.10. The van der Waals surface area contributed by atoms with Crippen LogP contribution < -0.4 is 0 Å². The fourth-order valence-electron chi connectivity index (χ4n) is 8.92. The van der Waals surface area contributed by atoms with Crippen molar-refractivity contribution in [3.8, 4) is 23.7 Å². The molecular weight excluding hydrogens is 749 g/mol. The van der Waals surface area contributed by atoms with Crippen LogP contribution in [0.25, 0.3) is 16.9 Å². The van der Waals surface area contributed by atoms with E-state index in [-0.39, 0.29) is 0 Å². The second kappa shape index (κ2) is 36.0. The molecule has 0 spiro atoms. The minimum atomic E-state index is 0.773. The van der Waals surface area contributed by atoms with Crippen LogP contribution >= 0.6 is 0 Å². The summed E-state index contributed by atoms with van der Waals surface area (Å²) >= 11 is 0. The Kier molecular flexibility index (Phi) is 30.8. The summed E-state index contributed by atoms with van der Waals surface area (Å²) in [5.41, 5.74) is 20.2. The first kappa shape index (κ1) is 53.0. The number of benzene rings is 2. The van der Waals surface area contributed by atoms with E-state index in [9.17, 15) is 5.53 Å². The lowest BCUT2D eigenvalue weighted by Crippen LogP contribution is -2.03. The van der Waals surface area contributed by atoms with Crippen molar-refractivity contribution >= 4 is 11.4 Å². The van der Waals surface area contributed by atoms with Gasteiger partial charge in [-0.3, -0.25) is 0 Å². The Balaban J connectivity index is 1.72. The summed E-state index contributed by atoms with van der Waals surface area (Å²) in [4.78, 5) is 0. The van der Waals surface area contributed by atoms with Crippen LogP contribution in [0.15, 0.2) is 59.7 Å². The summed E-state index contributed by atoms with van der Waals surface area (Å²) in [7, 11) is 0. The zero-order valence-electron chi connectivity index (χ0n) is 41.0. The summed E-state index contributed by atoms with van der Waals surface area (Å²) in [6.07, 6.45) is 46.5. The smallest absolute Gasteiger partial charge is 0.224 e. The highest BCUT2D eigenvalue weighted by Gasteiger charge is 2.35. The molecule has 2 heteroatoms. The van der Waals surface area contributed by atoms with Gasteiger partial charge >= 0.3 is 0 Å². The van der Waals surface area contributed by atoms with Gasteiger partial charge in [-0.1, -0.05) is 255 Å². The van der Waals surface area contributed by atoms with Crippen molar-refractivity contribution in [3.63, 3.8) is 0 Å². The molecule has 1 heterocycles. The van der Waals surface area contributed by atoms with Crippen LogP contribution in [-0.2, 0) is 12.8 Å². The van der Waals surface area contributed by atoms with Crippen LogP contribution in [0.4, 0.5) is 0 Å². The van der Waals surface area contributed by atoms with E-state index in [1.165, 1.54) is 208 Å². The van der Waals surface area contributed by atoms with Crippen molar-refractivity contribution in [2.45, 2.75) is 259 Å². The molecule has 3 rings (SSSR count). The Labute approximate surface area is 384 Å². The van der Waals surface area contributed by atoms with Gasteiger partial charge in [0.1, 0.15) is 11.1 Å². The minimum Gasteiger partial charge on any atom is -0.493 e. The maximum Gasteiger partial charge on any atom is 0.224 e. The third-order valence-corrected chi connectivity index (χ3v) is 13.0. The molecule has 342 valence electrons. The zero-order chi connectivity index (χ0) is 44.1. The molecule has 1 aliphatic rings. The van der Waals surface area contributed by atoms with Crippen LogP contribution in [-0.4, -0.2) is 4.70 Å². The molecule has 0 amide bonds. The monoisotopic (exact) mass is 841 g/mol. The van der Waals surface area contributed by atoms with Crippen molar-refractivity contribution in [2.24, 2.45) is 0 Å². The van der Waals surface area contributed by atoms with Crippen molar-refractivity contribution in [1.82, 2.24) is 0 Å². The molecule has 0 saturated carbocycles. The molecule has 2 nitrogen and oxygen atoms in total. The summed E-state index contributed by atoms with van der Waals surface area (Å²) in [6.45, 7) is 9.12. The quantitative estimate of drug-likeness (QED) is 0.0371. The molecule has 0 unspecified atom stereocenters. The molecule has 0 bridgehead atoms. The van der Waals surface area contributed by atoms with Crippen LogP contribution in [0.2, 0.25) is 0 Å². The largest absolute Gasteiger partial charge is 0.493 e. The zero-order valence-corrected chi connectivity index (χ0v) is 41.0. The lowest BCUT2D eigenvalue weighted by molar-refractivity contribution is -0.344. The average Bonchev–Trinajstić information content (AvgIpc) is 3.56. The Morgan fingerprint density at radius 3 is 0.887 bits per heavy atom. The number of allylic oxidation sites excluding steroid dienone is 2. The fourth-order valence-corrected chi connectivity index (χ4v) is 8.92. The number of rotatable bonds is 36. The Morgan fingerprint density at radius 1 is 0.339 bits per heavy atom. The van der Waals surface area contributed by atoms with Crippen LogP contribution in [0, 0.1) is 23.7 Å². The molecule has 0 atom stereocenters. The predicted octanol–water partition coefficient (Wildman–Crippen LogP) is 19.3. The number of aryl methyl sites for hydroxylation is 2. The summed E-state index contributed by atoms with van der Waals surface area (Å²) in [5.74, 6) is 14.4. The van der Waals surface area contributed by atoms with E-state index < -0.39 is 0 Å². The Morgan fingerprint density at radius 2 is 0.597 bits per heavy atom. The first-order valence-corrected chi connectivity index (χ1v) is 26.8. The van der Waals surface area contributed by atoms with Gasteiger partial charge in [0.2, 0.25) is 11.4 Å². The Hall–Kier alpha value is -3.36. The van der Waals surface area contributed by atoms with Gasteiger partial charge in [0.15, 0.2) is 0 Å². The van der Waals surface area contributed by atoms with Gasteiger partial charge in [-0.05, 0) is 73.9 Å². The van der Waals surface area contributed by atoms with Gasteiger partial charge in [0, 0.05) is 24.0 Å².